The molecule has 0 aliphatic rings. The number of aromatic nitrogens is 4. The number of carbonyl (C=O) groups excluding carboxylic acids is 1. The van der Waals surface area contributed by atoms with Crippen molar-refractivity contribution in [2.75, 3.05) is 25.2 Å². The first-order valence-corrected chi connectivity index (χ1v) is 9.90. The third-order valence-corrected chi connectivity index (χ3v) is 4.98. The predicted octanol–water partition coefficient (Wildman–Crippen LogP) is 3.12. The first-order chi connectivity index (χ1) is 12.5. The lowest BCUT2D eigenvalue weighted by Gasteiger charge is -2.23. The molecule has 0 bridgehead atoms. The topological polar surface area (TPSA) is 89.1 Å². The second-order valence-corrected chi connectivity index (χ2v) is 7.34. The van der Waals surface area contributed by atoms with Crippen LogP contribution < -0.4 is 5.32 Å². The molecule has 1 amide bonds. The summed E-state index contributed by atoms with van der Waals surface area (Å²) in [7, 11) is 4.10. The van der Waals surface area contributed by atoms with Crippen molar-refractivity contribution in [3.05, 3.63) is 17.7 Å². The van der Waals surface area contributed by atoms with E-state index in [1.807, 2.05) is 14.1 Å². The van der Waals surface area contributed by atoms with Crippen molar-refractivity contribution in [2.45, 2.75) is 57.8 Å². The number of rotatable bonds is 10. The molecule has 0 aromatic carbocycles. The molecule has 26 heavy (non-hydrogen) atoms. The summed E-state index contributed by atoms with van der Waals surface area (Å²) in [6.07, 6.45) is 3.09. The Hall–Kier alpha value is -1.87. The van der Waals surface area contributed by atoms with Gasteiger partial charge in [0.05, 0.1) is 11.8 Å². The van der Waals surface area contributed by atoms with Gasteiger partial charge in [0, 0.05) is 12.6 Å². The zero-order valence-corrected chi connectivity index (χ0v) is 17.0. The van der Waals surface area contributed by atoms with Gasteiger partial charge in [-0.15, -0.1) is 10.2 Å². The molecule has 2 rings (SSSR count). The molecule has 1 atom stereocenters. The van der Waals surface area contributed by atoms with E-state index in [-0.39, 0.29) is 17.7 Å². The number of amides is 1. The smallest absolute Gasteiger partial charge is 0.236 e. The maximum atomic E-state index is 12.1. The minimum absolute atomic E-state index is 0.144. The van der Waals surface area contributed by atoms with E-state index < -0.39 is 0 Å². The Morgan fingerprint density at radius 3 is 2.73 bits per heavy atom. The van der Waals surface area contributed by atoms with Gasteiger partial charge < -0.3 is 14.4 Å². The van der Waals surface area contributed by atoms with Gasteiger partial charge in [-0.05, 0) is 33.9 Å². The Labute approximate surface area is 158 Å². The molecule has 0 aliphatic carbocycles. The molecule has 2 aromatic heterocycles. The van der Waals surface area contributed by atoms with Crippen molar-refractivity contribution in [2.24, 2.45) is 0 Å². The van der Waals surface area contributed by atoms with E-state index in [0.717, 1.165) is 36.8 Å². The Balaban J connectivity index is 2.07. The van der Waals surface area contributed by atoms with Crippen molar-refractivity contribution >= 4 is 23.5 Å². The number of aryl methyl sites for hydroxylation is 1. The van der Waals surface area contributed by atoms with Crippen molar-refractivity contribution in [1.29, 1.82) is 0 Å². The number of thioether (sulfide) groups is 1. The van der Waals surface area contributed by atoms with Crippen LogP contribution in [0.4, 0.5) is 5.82 Å². The molecular formula is C17H28N6O2S. The molecule has 2 aromatic rings. The summed E-state index contributed by atoms with van der Waals surface area (Å²) in [6, 6.07) is 1.90. The molecule has 0 radical (unpaired) electrons. The van der Waals surface area contributed by atoms with Gasteiger partial charge >= 0.3 is 0 Å². The number of hydrogen-bond donors (Lipinski definition) is 1. The van der Waals surface area contributed by atoms with Crippen molar-refractivity contribution in [3.8, 4) is 0 Å². The Bertz CT molecular complexity index is 712. The molecule has 9 heteroatoms. The summed E-state index contributed by atoms with van der Waals surface area (Å²) >= 11 is 1.39. The lowest BCUT2D eigenvalue weighted by Crippen LogP contribution is -2.23. The Kier molecular flexibility index (Phi) is 7.65. The van der Waals surface area contributed by atoms with Crippen molar-refractivity contribution in [3.63, 3.8) is 0 Å². The summed E-state index contributed by atoms with van der Waals surface area (Å²) in [5, 5.41) is 16.0. The van der Waals surface area contributed by atoms with Gasteiger partial charge in [-0.1, -0.05) is 37.2 Å². The minimum atomic E-state index is -0.144. The largest absolute Gasteiger partial charge is 0.360 e. The summed E-state index contributed by atoms with van der Waals surface area (Å²) in [5.74, 6) is 2.15. The number of nitrogens with zero attached hydrogens (tertiary/aromatic N) is 5. The first-order valence-electron chi connectivity index (χ1n) is 8.91. The van der Waals surface area contributed by atoms with E-state index in [4.69, 9.17) is 4.52 Å². The van der Waals surface area contributed by atoms with E-state index in [9.17, 15) is 4.79 Å². The molecule has 0 spiro atoms. The summed E-state index contributed by atoms with van der Waals surface area (Å²) in [5.41, 5.74) is 0. The molecule has 2 heterocycles. The van der Waals surface area contributed by atoms with E-state index in [2.05, 4.69) is 44.0 Å². The highest BCUT2D eigenvalue weighted by atomic mass is 32.2. The van der Waals surface area contributed by atoms with Crippen LogP contribution in [-0.2, 0) is 11.3 Å². The Morgan fingerprint density at radius 2 is 2.15 bits per heavy atom. The minimum Gasteiger partial charge on any atom is -0.360 e. The van der Waals surface area contributed by atoms with Gasteiger partial charge in [0.15, 0.2) is 16.8 Å². The number of anilines is 1. The fraction of sp³-hybridized carbons (Fsp3) is 0.647. The molecule has 0 saturated carbocycles. The predicted molar refractivity (Wildman–Crippen MR) is 102 cm³/mol. The molecule has 0 unspecified atom stereocenters. The van der Waals surface area contributed by atoms with Crippen LogP contribution in [0, 0.1) is 6.92 Å². The zero-order chi connectivity index (χ0) is 19.1. The van der Waals surface area contributed by atoms with Crippen LogP contribution in [0.2, 0.25) is 0 Å². The fourth-order valence-corrected chi connectivity index (χ4v) is 3.46. The fourth-order valence-electron chi connectivity index (χ4n) is 2.69. The summed E-state index contributed by atoms with van der Waals surface area (Å²) < 4.78 is 7.10. The third kappa shape index (κ3) is 5.31. The van der Waals surface area contributed by atoms with Gasteiger partial charge in [-0.25, -0.2) is 0 Å². The SMILES string of the molecule is CCCCn1c(SCC(=O)Nc2cc(C)on2)nnc1[C@@H](CC)N(C)C. The summed E-state index contributed by atoms with van der Waals surface area (Å²) in [6.45, 7) is 6.94. The molecule has 144 valence electrons. The van der Waals surface area contributed by atoms with E-state index in [0.29, 0.717) is 11.6 Å². The molecule has 1 N–H and O–H groups in total. The second-order valence-electron chi connectivity index (χ2n) is 6.39. The molecular weight excluding hydrogens is 352 g/mol. The van der Waals surface area contributed by atoms with Crippen molar-refractivity contribution < 1.29 is 9.32 Å². The maximum Gasteiger partial charge on any atom is 0.236 e. The van der Waals surface area contributed by atoms with E-state index >= 15 is 0 Å². The first kappa shape index (κ1) is 20.4. The van der Waals surface area contributed by atoms with Crippen LogP contribution in [0.15, 0.2) is 15.7 Å². The van der Waals surface area contributed by atoms with E-state index in [1.165, 1.54) is 11.8 Å². The van der Waals surface area contributed by atoms with Crippen LogP contribution in [0.3, 0.4) is 0 Å². The van der Waals surface area contributed by atoms with Gasteiger partial charge in [-0.3, -0.25) is 9.69 Å². The second kappa shape index (κ2) is 9.72. The normalized spacial score (nSPS) is 12.5. The highest BCUT2D eigenvalue weighted by Gasteiger charge is 2.22. The molecule has 8 nitrogen and oxygen atoms in total. The number of unbranched alkanes of at least 4 members (excludes halogenated alkanes) is 1. The molecule has 0 saturated heterocycles. The van der Waals surface area contributed by atoms with Crippen LogP contribution in [0.5, 0.6) is 0 Å². The zero-order valence-electron chi connectivity index (χ0n) is 16.2. The van der Waals surface area contributed by atoms with Gasteiger partial charge in [0.2, 0.25) is 5.91 Å². The average molecular weight is 381 g/mol. The third-order valence-electron chi connectivity index (χ3n) is 4.02. The van der Waals surface area contributed by atoms with Crippen LogP contribution >= 0.6 is 11.8 Å². The van der Waals surface area contributed by atoms with Crippen LogP contribution in [0.25, 0.3) is 0 Å². The van der Waals surface area contributed by atoms with Gasteiger partial charge in [0.1, 0.15) is 5.76 Å². The summed E-state index contributed by atoms with van der Waals surface area (Å²) in [4.78, 5) is 14.3. The molecule has 0 aliphatic heterocycles. The number of carbonyl (C=O) groups is 1. The maximum absolute atomic E-state index is 12.1. The van der Waals surface area contributed by atoms with Gasteiger partial charge in [0.25, 0.3) is 0 Å². The highest BCUT2D eigenvalue weighted by molar-refractivity contribution is 7.99. The lowest BCUT2D eigenvalue weighted by molar-refractivity contribution is -0.113. The molecule has 0 fully saturated rings. The van der Waals surface area contributed by atoms with Crippen molar-refractivity contribution in [1.82, 2.24) is 24.8 Å². The standard InChI is InChI=1S/C17H28N6O2S/c1-6-8-9-23-16(13(7-2)22(4)5)19-20-17(23)26-11-15(24)18-14-10-12(3)25-21-14/h10,13H,6-9,11H2,1-5H3,(H,18,21,24)/t13-/m1/s1. The van der Waals surface area contributed by atoms with Crippen LogP contribution in [-0.4, -0.2) is 50.6 Å². The monoisotopic (exact) mass is 380 g/mol. The van der Waals surface area contributed by atoms with E-state index in [1.54, 1.807) is 13.0 Å². The highest BCUT2D eigenvalue weighted by Crippen LogP contribution is 2.25. The number of hydrogen-bond acceptors (Lipinski definition) is 7. The van der Waals surface area contributed by atoms with Gasteiger partial charge in [-0.2, -0.15) is 0 Å². The van der Waals surface area contributed by atoms with Crippen LogP contribution in [0.1, 0.15) is 50.7 Å². The Morgan fingerprint density at radius 1 is 1.38 bits per heavy atom. The number of nitrogens with one attached hydrogen (secondary N) is 1. The lowest BCUT2D eigenvalue weighted by atomic mass is 10.2. The quantitative estimate of drug-likeness (QED) is 0.633. The average Bonchev–Trinajstić information content (AvgIpc) is 3.18.